The third kappa shape index (κ3) is 5.62. The number of hydrogen-bond acceptors (Lipinski definition) is 4. The number of fused-ring (bicyclic) bond motifs is 1. The van der Waals surface area contributed by atoms with Gasteiger partial charge in [0.15, 0.2) is 0 Å². The molecule has 0 radical (unpaired) electrons. The summed E-state index contributed by atoms with van der Waals surface area (Å²) in [5, 5.41) is 2.60. The van der Waals surface area contributed by atoms with Crippen LogP contribution >= 0.6 is 0 Å². The Hall–Kier alpha value is -4.01. The number of ether oxygens (including phenoxy) is 2. The predicted molar refractivity (Wildman–Crippen MR) is 115 cm³/mol. The van der Waals surface area contributed by atoms with Crippen molar-refractivity contribution in [3.63, 3.8) is 0 Å². The van der Waals surface area contributed by atoms with E-state index in [0.29, 0.717) is 11.3 Å². The first-order valence-electron chi connectivity index (χ1n) is 10.1. The zero-order valence-electron chi connectivity index (χ0n) is 17.6. The highest BCUT2D eigenvalue weighted by Crippen LogP contribution is 2.26. The zero-order chi connectivity index (χ0) is 23.4. The molecule has 1 amide bonds. The van der Waals surface area contributed by atoms with Crippen molar-refractivity contribution in [3.8, 4) is 11.5 Å². The number of carbonyl (C=O) groups excluding carboxylic acids is 1. The van der Waals surface area contributed by atoms with Gasteiger partial charge < -0.3 is 19.2 Å². The van der Waals surface area contributed by atoms with Crippen molar-refractivity contribution in [2.24, 2.45) is 0 Å². The van der Waals surface area contributed by atoms with E-state index in [9.17, 15) is 18.0 Å². The second-order valence-corrected chi connectivity index (χ2v) is 7.31. The second-order valence-electron chi connectivity index (χ2n) is 7.31. The number of amides is 1. The number of carbonyl (C=O) groups is 1. The maximum atomic E-state index is 12.5. The highest BCUT2D eigenvalue weighted by Gasteiger charge is 2.32. The standard InChI is InChI=1S/C24H20F3N3O3/c1-16-5-4-12-30-14-19(29-22(16)30)15-32-20-10-8-17(9-11-20)23(31)28-13-18-6-2-3-7-21(18)33-24(25,26)27/h2-12,14H,13,15H2,1H3,(H,28,31). The van der Waals surface area contributed by atoms with E-state index in [2.05, 4.69) is 15.0 Å². The van der Waals surface area contributed by atoms with Crippen LogP contribution in [0.2, 0.25) is 0 Å². The van der Waals surface area contributed by atoms with Crippen LogP contribution in [0.4, 0.5) is 13.2 Å². The number of alkyl halides is 3. The Morgan fingerprint density at radius 2 is 1.82 bits per heavy atom. The minimum absolute atomic E-state index is 0.114. The predicted octanol–water partition coefficient (Wildman–Crippen LogP) is 5.05. The van der Waals surface area contributed by atoms with Crippen molar-refractivity contribution in [2.45, 2.75) is 26.4 Å². The molecule has 0 saturated heterocycles. The van der Waals surface area contributed by atoms with E-state index in [0.717, 1.165) is 16.9 Å². The summed E-state index contributed by atoms with van der Waals surface area (Å²) < 4.78 is 49.3. The fourth-order valence-corrected chi connectivity index (χ4v) is 3.29. The maximum absolute atomic E-state index is 12.5. The first-order chi connectivity index (χ1) is 15.8. The van der Waals surface area contributed by atoms with E-state index < -0.39 is 12.3 Å². The van der Waals surface area contributed by atoms with Crippen LogP contribution < -0.4 is 14.8 Å². The third-order valence-corrected chi connectivity index (χ3v) is 4.87. The van der Waals surface area contributed by atoms with Crippen LogP contribution in [0.15, 0.2) is 73.1 Å². The van der Waals surface area contributed by atoms with Gasteiger partial charge in [-0.25, -0.2) is 4.98 Å². The molecule has 0 spiro atoms. The van der Waals surface area contributed by atoms with Crippen molar-refractivity contribution < 1.29 is 27.4 Å². The van der Waals surface area contributed by atoms with Gasteiger partial charge >= 0.3 is 6.36 Å². The van der Waals surface area contributed by atoms with Gasteiger partial charge in [0, 0.05) is 30.1 Å². The molecule has 0 aliphatic rings. The lowest BCUT2D eigenvalue weighted by Gasteiger charge is -2.13. The number of pyridine rings is 1. The molecular weight excluding hydrogens is 435 g/mol. The quantitative estimate of drug-likeness (QED) is 0.424. The molecule has 6 nitrogen and oxygen atoms in total. The zero-order valence-corrected chi connectivity index (χ0v) is 17.6. The topological polar surface area (TPSA) is 64.9 Å². The number of imidazole rings is 1. The van der Waals surface area contributed by atoms with Gasteiger partial charge in [-0.15, -0.1) is 13.2 Å². The number of hydrogen-bond donors (Lipinski definition) is 1. The number of halogens is 3. The van der Waals surface area contributed by atoms with E-state index in [-0.39, 0.29) is 24.5 Å². The van der Waals surface area contributed by atoms with Gasteiger partial charge in [-0.05, 0) is 48.9 Å². The average Bonchev–Trinajstić information content (AvgIpc) is 3.21. The molecule has 0 saturated carbocycles. The molecule has 0 aliphatic heterocycles. The Morgan fingerprint density at radius 1 is 1.06 bits per heavy atom. The third-order valence-electron chi connectivity index (χ3n) is 4.87. The van der Waals surface area contributed by atoms with E-state index >= 15 is 0 Å². The molecule has 0 aliphatic carbocycles. The molecule has 4 aromatic rings. The van der Waals surface area contributed by atoms with Gasteiger partial charge in [0.1, 0.15) is 23.8 Å². The van der Waals surface area contributed by atoms with Crippen LogP contribution in [0.1, 0.15) is 27.2 Å². The normalized spacial score (nSPS) is 11.4. The Bertz CT molecular complexity index is 1270. The Balaban J connectivity index is 1.34. The van der Waals surface area contributed by atoms with Gasteiger partial charge in [-0.2, -0.15) is 0 Å². The number of nitrogens with zero attached hydrogens (tertiary/aromatic N) is 2. The molecule has 0 atom stereocenters. The fourth-order valence-electron chi connectivity index (χ4n) is 3.29. The van der Waals surface area contributed by atoms with Gasteiger partial charge in [-0.1, -0.05) is 24.3 Å². The molecule has 2 aromatic heterocycles. The molecule has 1 N–H and O–H groups in total. The van der Waals surface area contributed by atoms with Gasteiger partial charge in [0.2, 0.25) is 0 Å². The summed E-state index contributed by atoms with van der Waals surface area (Å²) in [6.07, 6.45) is -0.998. The molecule has 0 bridgehead atoms. The van der Waals surface area contributed by atoms with Gasteiger partial charge in [-0.3, -0.25) is 4.79 Å². The molecular formula is C24H20F3N3O3. The van der Waals surface area contributed by atoms with Crippen LogP contribution in [0.3, 0.4) is 0 Å². The van der Waals surface area contributed by atoms with Crippen molar-refractivity contribution in [1.29, 1.82) is 0 Å². The summed E-state index contributed by atoms with van der Waals surface area (Å²) in [5.74, 6) is -0.223. The molecule has 9 heteroatoms. The van der Waals surface area contributed by atoms with Gasteiger partial charge in [0.05, 0.1) is 5.69 Å². The molecule has 0 fully saturated rings. The van der Waals surface area contributed by atoms with Gasteiger partial charge in [0.25, 0.3) is 5.91 Å². The summed E-state index contributed by atoms with van der Waals surface area (Å²) in [6.45, 7) is 2.14. The molecule has 4 rings (SSSR count). The first kappa shape index (κ1) is 22.2. The summed E-state index contributed by atoms with van der Waals surface area (Å²) in [5.41, 5.74) is 3.26. The highest BCUT2D eigenvalue weighted by atomic mass is 19.4. The molecule has 170 valence electrons. The Kier molecular flexibility index (Phi) is 6.21. The lowest BCUT2D eigenvalue weighted by atomic mass is 10.1. The number of rotatable bonds is 7. The minimum atomic E-state index is -4.81. The van der Waals surface area contributed by atoms with E-state index in [1.54, 1.807) is 30.3 Å². The van der Waals surface area contributed by atoms with E-state index in [1.165, 1.54) is 18.2 Å². The molecule has 0 unspecified atom stereocenters. The largest absolute Gasteiger partial charge is 0.573 e. The molecule has 2 heterocycles. The smallest absolute Gasteiger partial charge is 0.487 e. The summed E-state index contributed by atoms with van der Waals surface area (Å²) in [4.78, 5) is 17.0. The monoisotopic (exact) mass is 455 g/mol. The second kappa shape index (κ2) is 9.23. The summed E-state index contributed by atoms with van der Waals surface area (Å²) >= 11 is 0. The van der Waals surface area contributed by atoms with E-state index in [4.69, 9.17) is 4.74 Å². The van der Waals surface area contributed by atoms with Crippen molar-refractivity contribution in [2.75, 3.05) is 0 Å². The summed E-state index contributed by atoms with van der Waals surface area (Å²) in [7, 11) is 0. The number of benzene rings is 2. The van der Waals surface area contributed by atoms with E-state index in [1.807, 2.05) is 35.9 Å². The number of aromatic nitrogens is 2. The lowest BCUT2D eigenvalue weighted by Crippen LogP contribution is -2.24. The van der Waals surface area contributed by atoms with Crippen LogP contribution in [0.25, 0.3) is 5.65 Å². The highest BCUT2D eigenvalue weighted by molar-refractivity contribution is 5.94. The van der Waals surface area contributed by atoms with Crippen LogP contribution in [-0.4, -0.2) is 21.7 Å². The van der Waals surface area contributed by atoms with Crippen LogP contribution in [0.5, 0.6) is 11.5 Å². The van der Waals surface area contributed by atoms with Crippen LogP contribution in [-0.2, 0) is 13.2 Å². The first-order valence-corrected chi connectivity index (χ1v) is 10.1. The van der Waals surface area contributed by atoms with Crippen molar-refractivity contribution in [3.05, 3.63) is 95.4 Å². The lowest BCUT2D eigenvalue weighted by molar-refractivity contribution is -0.274. The average molecular weight is 455 g/mol. The number of aryl methyl sites for hydroxylation is 1. The number of para-hydroxylation sites is 1. The molecule has 2 aromatic carbocycles. The number of nitrogens with one attached hydrogen (secondary N) is 1. The Labute approximate surface area is 187 Å². The minimum Gasteiger partial charge on any atom is -0.487 e. The maximum Gasteiger partial charge on any atom is 0.573 e. The van der Waals surface area contributed by atoms with Crippen molar-refractivity contribution in [1.82, 2.24) is 14.7 Å². The molecule has 33 heavy (non-hydrogen) atoms. The summed E-state index contributed by atoms with van der Waals surface area (Å²) in [6, 6.07) is 16.0. The fraction of sp³-hybridized carbons (Fsp3) is 0.167. The Morgan fingerprint density at radius 3 is 2.55 bits per heavy atom. The SMILES string of the molecule is Cc1cccn2cc(COc3ccc(C(=O)NCc4ccccc4OC(F)(F)F)cc3)nc12. The van der Waals surface area contributed by atoms with Crippen LogP contribution in [0, 0.1) is 6.92 Å². The van der Waals surface area contributed by atoms with Crippen molar-refractivity contribution >= 4 is 11.6 Å².